The van der Waals surface area contributed by atoms with Crippen molar-refractivity contribution in [3.05, 3.63) is 23.9 Å². The van der Waals surface area contributed by atoms with Crippen LogP contribution in [0, 0.1) is 0 Å². The van der Waals surface area contributed by atoms with Crippen LogP contribution in [0.3, 0.4) is 0 Å². The Labute approximate surface area is 125 Å². The van der Waals surface area contributed by atoms with Gasteiger partial charge in [0.2, 0.25) is 0 Å². The van der Waals surface area contributed by atoms with E-state index in [0.717, 1.165) is 0 Å². The van der Waals surface area contributed by atoms with Crippen LogP contribution in [-0.4, -0.2) is 54.3 Å². The molecule has 0 spiro atoms. The first-order chi connectivity index (χ1) is 9.71. The SMILES string of the molecule is CC(C)N(C(=O)C1=CN2CCS(=O)(=O)N=C2C=C1)C(C)C. The molecule has 0 saturated carbocycles. The lowest BCUT2D eigenvalue weighted by Gasteiger charge is -2.33. The highest BCUT2D eigenvalue weighted by Gasteiger charge is 2.28. The predicted molar refractivity (Wildman–Crippen MR) is 82.3 cm³/mol. The highest BCUT2D eigenvalue weighted by Crippen LogP contribution is 2.19. The molecule has 0 fully saturated rings. The summed E-state index contributed by atoms with van der Waals surface area (Å²) in [5.41, 5.74) is 0.552. The topological polar surface area (TPSA) is 70.1 Å². The van der Waals surface area contributed by atoms with Gasteiger partial charge in [0.25, 0.3) is 15.9 Å². The zero-order valence-electron chi connectivity index (χ0n) is 12.8. The van der Waals surface area contributed by atoms with Crippen LogP contribution in [0.1, 0.15) is 27.7 Å². The van der Waals surface area contributed by atoms with E-state index in [1.165, 1.54) is 0 Å². The molecule has 0 aromatic rings. The van der Waals surface area contributed by atoms with Gasteiger partial charge in [-0.3, -0.25) is 4.79 Å². The van der Waals surface area contributed by atoms with E-state index in [4.69, 9.17) is 0 Å². The third-order valence-electron chi connectivity index (χ3n) is 3.42. The van der Waals surface area contributed by atoms with Gasteiger partial charge < -0.3 is 9.80 Å². The molecule has 0 aromatic heterocycles. The summed E-state index contributed by atoms with van der Waals surface area (Å²) in [7, 11) is -3.36. The van der Waals surface area contributed by atoms with Crippen molar-refractivity contribution in [1.29, 1.82) is 0 Å². The molecule has 21 heavy (non-hydrogen) atoms. The first kappa shape index (κ1) is 15.8. The maximum absolute atomic E-state index is 12.6. The molecular weight excluding hydrogens is 290 g/mol. The fraction of sp³-hybridized carbons (Fsp3) is 0.571. The number of fused-ring (bicyclic) bond motifs is 1. The van der Waals surface area contributed by atoms with Gasteiger partial charge in [0.05, 0.1) is 11.3 Å². The maximum Gasteiger partial charge on any atom is 0.256 e. The average Bonchev–Trinajstić information content (AvgIpc) is 2.36. The lowest BCUT2D eigenvalue weighted by atomic mass is 10.1. The molecule has 2 aliphatic rings. The second kappa shape index (κ2) is 5.63. The van der Waals surface area contributed by atoms with Crippen molar-refractivity contribution in [2.75, 3.05) is 12.3 Å². The van der Waals surface area contributed by atoms with Gasteiger partial charge in [-0.05, 0) is 39.8 Å². The molecule has 0 atom stereocenters. The lowest BCUT2D eigenvalue weighted by molar-refractivity contribution is -0.130. The van der Waals surface area contributed by atoms with E-state index in [2.05, 4.69) is 4.40 Å². The second-order valence-corrected chi connectivity index (χ2v) is 7.50. The monoisotopic (exact) mass is 311 g/mol. The molecule has 0 saturated heterocycles. The van der Waals surface area contributed by atoms with Gasteiger partial charge in [-0.15, -0.1) is 4.40 Å². The summed E-state index contributed by atoms with van der Waals surface area (Å²) in [4.78, 5) is 16.1. The first-order valence-electron chi connectivity index (χ1n) is 7.03. The van der Waals surface area contributed by atoms with Crippen LogP contribution in [-0.2, 0) is 14.8 Å². The molecule has 2 heterocycles. The fourth-order valence-electron chi connectivity index (χ4n) is 2.54. The van der Waals surface area contributed by atoms with Gasteiger partial charge in [0.15, 0.2) is 0 Å². The summed E-state index contributed by atoms with van der Waals surface area (Å²) < 4.78 is 26.6. The van der Waals surface area contributed by atoms with Crippen LogP contribution in [0.25, 0.3) is 0 Å². The van der Waals surface area contributed by atoms with E-state index in [0.29, 0.717) is 18.0 Å². The van der Waals surface area contributed by atoms with Crippen LogP contribution >= 0.6 is 0 Å². The Balaban J connectivity index is 2.27. The summed E-state index contributed by atoms with van der Waals surface area (Å²) in [6.45, 7) is 8.24. The van der Waals surface area contributed by atoms with E-state index < -0.39 is 10.0 Å². The molecule has 0 unspecified atom stereocenters. The summed E-state index contributed by atoms with van der Waals surface area (Å²) >= 11 is 0. The van der Waals surface area contributed by atoms with E-state index >= 15 is 0 Å². The van der Waals surface area contributed by atoms with Crippen LogP contribution in [0.5, 0.6) is 0 Å². The third-order valence-corrected chi connectivity index (χ3v) is 4.58. The molecule has 1 amide bonds. The Morgan fingerprint density at radius 1 is 1.24 bits per heavy atom. The highest BCUT2D eigenvalue weighted by atomic mass is 32.2. The number of amides is 1. The first-order valence-corrected chi connectivity index (χ1v) is 8.64. The second-order valence-electron chi connectivity index (χ2n) is 5.75. The number of hydrogen-bond donors (Lipinski definition) is 0. The van der Waals surface area contributed by atoms with Gasteiger partial charge in [0.1, 0.15) is 5.84 Å². The number of rotatable bonds is 3. The highest BCUT2D eigenvalue weighted by molar-refractivity contribution is 7.90. The van der Waals surface area contributed by atoms with Gasteiger partial charge in [-0.25, -0.2) is 8.42 Å². The Hall–Kier alpha value is -1.63. The molecule has 0 bridgehead atoms. The summed E-state index contributed by atoms with van der Waals surface area (Å²) in [6, 6.07) is 0.201. The molecule has 0 aromatic carbocycles. The summed E-state index contributed by atoms with van der Waals surface area (Å²) in [5, 5.41) is 0. The zero-order valence-corrected chi connectivity index (χ0v) is 13.6. The number of nitrogens with zero attached hydrogens (tertiary/aromatic N) is 3. The van der Waals surface area contributed by atoms with Gasteiger partial charge >= 0.3 is 0 Å². The van der Waals surface area contributed by atoms with Crippen molar-refractivity contribution < 1.29 is 13.2 Å². The minimum Gasteiger partial charge on any atom is -0.334 e. The quantitative estimate of drug-likeness (QED) is 0.783. The Morgan fingerprint density at radius 2 is 1.86 bits per heavy atom. The molecule has 0 N–H and O–H groups in total. The molecule has 2 aliphatic heterocycles. The minimum absolute atomic E-state index is 0.0274. The van der Waals surface area contributed by atoms with Gasteiger partial charge in [-0.1, -0.05) is 0 Å². The largest absolute Gasteiger partial charge is 0.334 e. The number of sulfonamides is 1. The zero-order chi connectivity index (χ0) is 15.8. The number of carbonyl (C=O) groups is 1. The third kappa shape index (κ3) is 3.34. The summed E-state index contributed by atoms with van der Waals surface area (Å²) in [5.74, 6) is 0.294. The molecule has 0 aliphatic carbocycles. The maximum atomic E-state index is 12.6. The van der Waals surface area contributed by atoms with Crippen molar-refractivity contribution in [2.45, 2.75) is 39.8 Å². The molecular formula is C14H21N3O3S. The van der Waals surface area contributed by atoms with Crippen molar-refractivity contribution in [3.63, 3.8) is 0 Å². The smallest absolute Gasteiger partial charge is 0.256 e. The van der Waals surface area contributed by atoms with E-state index in [1.54, 1.807) is 28.2 Å². The molecule has 2 rings (SSSR count). The Kier molecular flexibility index (Phi) is 4.22. The molecule has 116 valence electrons. The predicted octanol–water partition coefficient (Wildman–Crippen LogP) is 1.13. The lowest BCUT2D eigenvalue weighted by Crippen LogP contribution is -2.44. The normalized spacial score (nSPS) is 20.2. The molecule has 6 nitrogen and oxygen atoms in total. The summed E-state index contributed by atoms with van der Waals surface area (Å²) in [6.07, 6.45) is 4.91. The number of amidine groups is 1. The number of hydrogen-bond acceptors (Lipinski definition) is 4. The molecule has 7 heteroatoms. The van der Waals surface area contributed by atoms with Crippen molar-refractivity contribution in [3.8, 4) is 0 Å². The van der Waals surface area contributed by atoms with E-state index in [1.807, 2.05) is 27.7 Å². The van der Waals surface area contributed by atoms with Crippen molar-refractivity contribution in [2.24, 2.45) is 4.40 Å². The van der Waals surface area contributed by atoms with Crippen molar-refractivity contribution in [1.82, 2.24) is 9.80 Å². The standard InChI is InChI=1S/C14H21N3O3S/c1-10(2)17(11(3)4)14(18)12-5-6-13-15-21(19,20)8-7-16(13)9-12/h5-6,9-11H,7-8H2,1-4H3. The van der Waals surface area contributed by atoms with Crippen molar-refractivity contribution >= 4 is 21.8 Å². The van der Waals surface area contributed by atoms with Gasteiger partial charge in [-0.2, -0.15) is 0 Å². The van der Waals surface area contributed by atoms with E-state index in [9.17, 15) is 13.2 Å². The van der Waals surface area contributed by atoms with Crippen LogP contribution in [0.4, 0.5) is 0 Å². The van der Waals surface area contributed by atoms with Crippen LogP contribution < -0.4 is 0 Å². The fourth-order valence-corrected chi connectivity index (χ4v) is 3.51. The minimum atomic E-state index is -3.36. The Bertz CT molecular complexity index is 622. The van der Waals surface area contributed by atoms with Crippen LogP contribution in [0.15, 0.2) is 28.3 Å². The number of carbonyl (C=O) groups excluding carboxylic acids is 1. The molecule has 0 radical (unpaired) electrons. The van der Waals surface area contributed by atoms with E-state index in [-0.39, 0.29) is 23.7 Å². The van der Waals surface area contributed by atoms with Crippen LogP contribution in [0.2, 0.25) is 0 Å². The van der Waals surface area contributed by atoms with Gasteiger partial charge in [0, 0.05) is 24.8 Å². The average molecular weight is 311 g/mol. The Morgan fingerprint density at radius 3 is 2.43 bits per heavy atom.